The van der Waals surface area contributed by atoms with Crippen LogP contribution in [0, 0.1) is 6.92 Å². The van der Waals surface area contributed by atoms with Crippen LogP contribution in [0.1, 0.15) is 25.1 Å². The molecule has 3 aromatic rings. The molecule has 0 atom stereocenters. The molecule has 0 spiro atoms. The number of nitrogens with zero attached hydrogens (tertiary/aromatic N) is 2. The molecule has 0 fully saturated rings. The Hall–Kier alpha value is -1.93. The lowest BCUT2D eigenvalue weighted by Gasteiger charge is -2.21. The average Bonchev–Trinajstić information content (AvgIpc) is 2.86. The van der Waals surface area contributed by atoms with E-state index in [0.29, 0.717) is 0 Å². The van der Waals surface area contributed by atoms with Crippen LogP contribution >= 0.6 is 11.6 Å². The first kappa shape index (κ1) is 15.9. The van der Waals surface area contributed by atoms with Crippen molar-refractivity contribution in [1.82, 2.24) is 4.57 Å². The lowest BCUT2D eigenvalue weighted by Crippen LogP contribution is -2.21. The van der Waals surface area contributed by atoms with Gasteiger partial charge in [0, 0.05) is 46.9 Å². The fraction of sp³-hybridized carbons (Fsp3) is 0.300. The van der Waals surface area contributed by atoms with Crippen molar-refractivity contribution in [3.8, 4) is 0 Å². The van der Waals surface area contributed by atoms with Gasteiger partial charge < -0.3 is 9.47 Å². The molecule has 1 aromatic heterocycles. The number of hydrogen-bond donors (Lipinski definition) is 0. The van der Waals surface area contributed by atoms with Crippen molar-refractivity contribution in [2.24, 2.45) is 0 Å². The fourth-order valence-corrected chi connectivity index (χ4v) is 3.29. The zero-order chi connectivity index (χ0) is 16.4. The third-order valence-corrected chi connectivity index (χ3v) is 4.73. The lowest BCUT2D eigenvalue weighted by atomic mass is 10.2. The molecule has 0 aliphatic rings. The van der Waals surface area contributed by atoms with Gasteiger partial charge in [-0.05, 0) is 62.7 Å². The Balaban J connectivity index is 1.98. The molecule has 0 N–H and O–H groups in total. The first-order valence-electron chi connectivity index (χ1n) is 8.21. The van der Waals surface area contributed by atoms with Crippen LogP contribution in [0.15, 0.2) is 48.5 Å². The maximum absolute atomic E-state index is 5.98. The molecular weight excluding hydrogens is 304 g/mol. The van der Waals surface area contributed by atoms with Crippen LogP contribution in [0.2, 0.25) is 5.02 Å². The van der Waals surface area contributed by atoms with Crippen LogP contribution in [0.5, 0.6) is 0 Å². The molecule has 23 heavy (non-hydrogen) atoms. The molecule has 1 heterocycles. The second kappa shape index (κ2) is 6.67. The van der Waals surface area contributed by atoms with Crippen molar-refractivity contribution in [3.05, 3.63) is 64.8 Å². The predicted molar refractivity (Wildman–Crippen MR) is 101 cm³/mol. The van der Waals surface area contributed by atoms with Crippen LogP contribution < -0.4 is 4.90 Å². The highest BCUT2D eigenvalue weighted by atomic mass is 35.5. The zero-order valence-electron chi connectivity index (χ0n) is 14.0. The fourth-order valence-electron chi connectivity index (χ4n) is 3.16. The molecule has 0 saturated carbocycles. The van der Waals surface area contributed by atoms with Gasteiger partial charge in [0.15, 0.2) is 0 Å². The van der Waals surface area contributed by atoms with Gasteiger partial charge in [-0.25, -0.2) is 0 Å². The van der Waals surface area contributed by atoms with Gasteiger partial charge in [0.25, 0.3) is 0 Å². The summed E-state index contributed by atoms with van der Waals surface area (Å²) in [5.74, 6) is 0. The van der Waals surface area contributed by atoms with Crippen molar-refractivity contribution < 1.29 is 0 Å². The smallest absolute Gasteiger partial charge is 0.0487 e. The van der Waals surface area contributed by atoms with Crippen molar-refractivity contribution >= 4 is 28.2 Å². The first-order chi connectivity index (χ1) is 11.1. The molecule has 0 bridgehead atoms. The Morgan fingerprint density at radius 1 is 0.957 bits per heavy atom. The van der Waals surface area contributed by atoms with E-state index in [4.69, 9.17) is 11.6 Å². The average molecular weight is 327 g/mol. The highest BCUT2D eigenvalue weighted by molar-refractivity contribution is 6.30. The Bertz CT molecular complexity index is 798. The van der Waals surface area contributed by atoms with Gasteiger partial charge in [-0.1, -0.05) is 23.7 Å². The van der Waals surface area contributed by atoms with Gasteiger partial charge in [0.2, 0.25) is 0 Å². The molecule has 0 amide bonds. The maximum atomic E-state index is 5.98. The number of halogens is 1. The van der Waals surface area contributed by atoms with E-state index in [2.05, 4.69) is 66.6 Å². The van der Waals surface area contributed by atoms with Gasteiger partial charge in [-0.2, -0.15) is 0 Å². The molecule has 3 heteroatoms. The zero-order valence-corrected chi connectivity index (χ0v) is 14.8. The van der Waals surface area contributed by atoms with Crippen molar-refractivity contribution in [2.75, 3.05) is 18.0 Å². The van der Waals surface area contributed by atoms with Gasteiger partial charge in [0.05, 0.1) is 0 Å². The summed E-state index contributed by atoms with van der Waals surface area (Å²) in [5, 5.41) is 2.09. The van der Waals surface area contributed by atoms with E-state index >= 15 is 0 Å². The normalized spacial score (nSPS) is 11.1. The summed E-state index contributed by atoms with van der Waals surface area (Å²) in [7, 11) is 0. The summed E-state index contributed by atoms with van der Waals surface area (Å²) in [6.45, 7) is 9.51. The number of aryl methyl sites for hydroxylation is 1. The minimum Gasteiger partial charge on any atom is -0.372 e. The van der Waals surface area contributed by atoms with Crippen LogP contribution in [0.3, 0.4) is 0 Å². The highest BCUT2D eigenvalue weighted by Crippen LogP contribution is 2.26. The molecule has 3 rings (SSSR count). The van der Waals surface area contributed by atoms with E-state index in [1.54, 1.807) is 0 Å². The SMILES string of the molecule is CCN(CC)c1ccc2c(c1)cc(C)n2Cc1ccc(Cl)cc1. The van der Waals surface area contributed by atoms with Crippen LogP contribution in [-0.4, -0.2) is 17.7 Å². The Kier molecular flexibility index (Phi) is 4.63. The van der Waals surface area contributed by atoms with Gasteiger partial charge in [-0.3, -0.25) is 0 Å². The maximum Gasteiger partial charge on any atom is 0.0487 e. The Morgan fingerprint density at radius 3 is 2.30 bits per heavy atom. The minimum absolute atomic E-state index is 0.784. The minimum atomic E-state index is 0.784. The summed E-state index contributed by atoms with van der Waals surface area (Å²) in [6.07, 6.45) is 0. The van der Waals surface area contributed by atoms with Crippen molar-refractivity contribution in [2.45, 2.75) is 27.3 Å². The number of fused-ring (bicyclic) bond motifs is 1. The molecule has 2 nitrogen and oxygen atoms in total. The summed E-state index contributed by atoms with van der Waals surface area (Å²) < 4.78 is 2.37. The van der Waals surface area contributed by atoms with Crippen LogP contribution in [0.4, 0.5) is 5.69 Å². The van der Waals surface area contributed by atoms with Gasteiger partial charge in [-0.15, -0.1) is 0 Å². The van der Waals surface area contributed by atoms with Gasteiger partial charge >= 0.3 is 0 Å². The summed E-state index contributed by atoms with van der Waals surface area (Å²) in [6, 6.07) is 17.1. The molecule has 0 aliphatic carbocycles. The number of rotatable bonds is 5. The molecule has 0 aliphatic heterocycles. The summed E-state index contributed by atoms with van der Waals surface area (Å²) in [4.78, 5) is 2.38. The van der Waals surface area contributed by atoms with Crippen LogP contribution in [0.25, 0.3) is 10.9 Å². The molecule has 120 valence electrons. The Labute approximate surface area is 143 Å². The number of hydrogen-bond acceptors (Lipinski definition) is 1. The standard InChI is InChI=1S/C20H23ClN2/c1-4-22(5-2)19-10-11-20-17(13-19)12-15(3)23(20)14-16-6-8-18(21)9-7-16/h6-13H,4-5,14H2,1-3H3. The van der Waals surface area contributed by atoms with E-state index in [1.165, 1.54) is 27.8 Å². The highest BCUT2D eigenvalue weighted by Gasteiger charge is 2.09. The predicted octanol–water partition coefficient (Wildman–Crippen LogP) is 5.50. The number of aromatic nitrogens is 1. The van der Waals surface area contributed by atoms with E-state index in [9.17, 15) is 0 Å². The van der Waals surface area contributed by atoms with Crippen molar-refractivity contribution in [3.63, 3.8) is 0 Å². The number of anilines is 1. The third kappa shape index (κ3) is 3.23. The largest absolute Gasteiger partial charge is 0.372 e. The topological polar surface area (TPSA) is 8.17 Å². The second-order valence-corrected chi connectivity index (χ2v) is 6.35. The summed E-state index contributed by atoms with van der Waals surface area (Å²) >= 11 is 5.98. The molecule has 0 unspecified atom stereocenters. The quantitative estimate of drug-likeness (QED) is 0.601. The molecule has 0 saturated heterocycles. The first-order valence-corrected chi connectivity index (χ1v) is 8.59. The van der Waals surface area contributed by atoms with E-state index in [1.807, 2.05) is 12.1 Å². The monoisotopic (exact) mass is 326 g/mol. The second-order valence-electron chi connectivity index (χ2n) is 5.91. The van der Waals surface area contributed by atoms with Crippen LogP contribution in [-0.2, 0) is 6.54 Å². The lowest BCUT2D eigenvalue weighted by molar-refractivity contribution is 0.805. The molecule has 2 aromatic carbocycles. The van der Waals surface area contributed by atoms with E-state index < -0.39 is 0 Å². The summed E-state index contributed by atoms with van der Waals surface area (Å²) in [5.41, 5.74) is 5.13. The van der Waals surface area contributed by atoms with E-state index in [-0.39, 0.29) is 0 Å². The molecule has 0 radical (unpaired) electrons. The number of benzene rings is 2. The third-order valence-electron chi connectivity index (χ3n) is 4.47. The van der Waals surface area contributed by atoms with Gasteiger partial charge in [0.1, 0.15) is 0 Å². The Morgan fingerprint density at radius 2 is 1.65 bits per heavy atom. The van der Waals surface area contributed by atoms with Crippen molar-refractivity contribution in [1.29, 1.82) is 0 Å². The molecular formula is C20H23ClN2. The van der Waals surface area contributed by atoms with E-state index in [0.717, 1.165) is 24.7 Å².